The molecule has 0 bridgehead atoms. The van der Waals surface area contributed by atoms with E-state index in [0.29, 0.717) is 5.92 Å². The van der Waals surface area contributed by atoms with Crippen LogP contribution in [0.1, 0.15) is 31.7 Å². The van der Waals surface area contributed by atoms with Crippen LogP contribution in [-0.4, -0.2) is 37.0 Å². The van der Waals surface area contributed by atoms with E-state index in [1.165, 1.54) is 5.56 Å². The zero-order valence-electron chi connectivity index (χ0n) is 12.9. The summed E-state index contributed by atoms with van der Waals surface area (Å²) in [6.45, 7) is 5.42. The average Bonchev–Trinajstić information content (AvgIpc) is 2.95. The van der Waals surface area contributed by atoms with E-state index in [2.05, 4.69) is 12.1 Å². The number of halogens is 1. The monoisotopic (exact) mass is 312 g/mol. The van der Waals surface area contributed by atoms with Crippen LogP contribution in [0.15, 0.2) is 24.3 Å². The van der Waals surface area contributed by atoms with Crippen LogP contribution in [-0.2, 0) is 4.79 Å². The topological polar surface area (TPSA) is 55.6 Å². The molecule has 1 aliphatic rings. The first-order valence-electron chi connectivity index (χ1n) is 7.21. The molecule has 21 heavy (non-hydrogen) atoms. The molecule has 1 fully saturated rings. The van der Waals surface area contributed by atoms with Crippen molar-refractivity contribution in [2.24, 2.45) is 11.7 Å². The van der Waals surface area contributed by atoms with Gasteiger partial charge in [0, 0.05) is 25.0 Å². The molecule has 3 atom stereocenters. The second kappa shape index (κ2) is 7.66. The van der Waals surface area contributed by atoms with Gasteiger partial charge in [0.05, 0.1) is 13.0 Å². The summed E-state index contributed by atoms with van der Waals surface area (Å²) in [5.41, 5.74) is 7.09. The highest BCUT2D eigenvalue weighted by Gasteiger charge is 2.30. The number of rotatable bonds is 4. The number of methoxy groups -OCH3 is 1. The predicted octanol–water partition coefficient (Wildman–Crippen LogP) is 2.42. The highest BCUT2D eigenvalue weighted by molar-refractivity contribution is 5.85. The number of likely N-dealkylation sites (tertiary alicyclic amines) is 1. The number of carbonyl (C=O) groups excluding carboxylic acids is 1. The normalized spacial score (nSPS) is 20.6. The van der Waals surface area contributed by atoms with Gasteiger partial charge in [-0.1, -0.05) is 19.1 Å². The van der Waals surface area contributed by atoms with Crippen LogP contribution in [0, 0.1) is 5.92 Å². The summed E-state index contributed by atoms with van der Waals surface area (Å²) in [6.07, 6.45) is 1.02. The van der Waals surface area contributed by atoms with Gasteiger partial charge in [-0.2, -0.15) is 0 Å². The van der Waals surface area contributed by atoms with Crippen LogP contribution in [0.2, 0.25) is 0 Å². The van der Waals surface area contributed by atoms with Gasteiger partial charge in [-0.3, -0.25) is 4.79 Å². The number of carbonyl (C=O) groups is 1. The first kappa shape index (κ1) is 17.8. The summed E-state index contributed by atoms with van der Waals surface area (Å²) < 4.78 is 5.17. The molecule has 0 saturated carbocycles. The molecular formula is C16H25ClN2O2. The van der Waals surface area contributed by atoms with Crippen molar-refractivity contribution in [3.05, 3.63) is 29.8 Å². The van der Waals surface area contributed by atoms with E-state index >= 15 is 0 Å². The summed E-state index contributed by atoms with van der Waals surface area (Å²) in [7, 11) is 1.67. The van der Waals surface area contributed by atoms with E-state index in [4.69, 9.17) is 10.5 Å². The maximum Gasteiger partial charge on any atom is 0.226 e. The molecule has 2 rings (SSSR count). The van der Waals surface area contributed by atoms with Crippen molar-refractivity contribution in [3.8, 4) is 5.75 Å². The minimum Gasteiger partial charge on any atom is -0.497 e. The second-order valence-electron chi connectivity index (χ2n) is 5.69. The van der Waals surface area contributed by atoms with E-state index in [9.17, 15) is 4.79 Å². The molecule has 0 spiro atoms. The van der Waals surface area contributed by atoms with Gasteiger partial charge in [-0.05, 0) is 31.0 Å². The van der Waals surface area contributed by atoms with Crippen molar-refractivity contribution >= 4 is 18.3 Å². The molecule has 1 amide bonds. The van der Waals surface area contributed by atoms with Gasteiger partial charge >= 0.3 is 0 Å². The zero-order valence-corrected chi connectivity index (χ0v) is 13.7. The number of nitrogens with two attached hydrogens (primary N) is 1. The van der Waals surface area contributed by atoms with Gasteiger partial charge < -0.3 is 15.4 Å². The standard InChI is InChI=1S/C16H24N2O2.ClH/c1-11(12(2)17)16(19)18-9-8-14(10-18)13-4-6-15(20-3)7-5-13;/h4-7,11-12,14H,8-10,17H2,1-3H3;1H. The first-order valence-corrected chi connectivity index (χ1v) is 7.21. The van der Waals surface area contributed by atoms with Crippen LogP contribution in [0.5, 0.6) is 5.75 Å². The largest absolute Gasteiger partial charge is 0.497 e. The molecule has 3 unspecified atom stereocenters. The summed E-state index contributed by atoms with van der Waals surface area (Å²) in [6, 6.07) is 8.04. The minimum absolute atomic E-state index is 0. The lowest BCUT2D eigenvalue weighted by Crippen LogP contribution is -2.40. The maximum absolute atomic E-state index is 12.3. The number of amides is 1. The van der Waals surface area contributed by atoms with E-state index in [1.54, 1.807) is 7.11 Å². The number of hydrogen-bond donors (Lipinski definition) is 1. The molecule has 0 radical (unpaired) electrons. The van der Waals surface area contributed by atoms with Crippen LogP contribution in [0.3, 0.4) is 0 Å². The fourth-order valence-corrected chi connectivity index (χ4v) is 2.62. The Kier molecular flexibility index (Phi) is 6.49. The second-order valence-corrected chi connectivity index (χ2v) is 5.69. The molecule has 118 valence electrons. The van der Waals surface area contributed by atoms with Gasteiger partial charge in [0.25, 0.3) is 0 Å². The fraction of sp³-hybridized carbons (Fsp3) is 0.562. The summed E-state index contributed by atoms with van der Waals surface area (Å²) in [5, 5.41) is 0. The smallest absolute Gasteiger partial charge is 0.226 e. The Morgan fingerprint density at radius 1 is 1.33 bits per heavy atom. The van der Waals surface area contributed by atoms with E-state index in [0.717, 1.165) is 25.3 Å². The molecule has 5 heteroatoms. The lowest BCUT2D eigenvalue weighted by Gasteiger charge is -2.23. The molecule has 1 heterocycles. The molecule has 1 aromatic rings. The Morgan fingerprint density at radius 3 is 2.48 bits per heavy atom. The minimum atomic E-state index is -0.107. The van der Waals surface area contributed by atoms with Crippen LogP contribution in [0.25, 0.3) is 0 Å². The number of benzene rings is 1. The van der Waals surface area contributed by atoms with E-state index in [-0.39, 0.29) is 30.3 Å². The van der Waals surface area contributed by atoms with Crippen molar-refractivity contribution in [3.63, 3.8) is 0 Å². The lowest BCUT2D eigenvalue weighted by atomic mass is 9.98. The van der Waals surface area contributed by atoms with E-state index in [1.807, 2.05) is 30.9 Å². The molecule has 2 N–H and O–H groups in total. The third kappa shape index (κ3) is 4.11. The fourth-order valence-electron chi connectivity index (χ4n) is 2.62. The molecule has 1 saturated heterocycles. The Labute approximate surface area is 133 Å². The highest BCUT2D eigenvalue weighted by atomic mass is 35.5. The molecule has 1 aliphatic heterocycles. The van der Waals surface area contributed by atoms with Gasteiger partial charge in [0.15, 0.2) is 0 Å². The van der Waals surface area contributed by atoms with Gasteiger partial charge in [0.2, 0.25) is 5.91 Å². The van der Waals surface area contributed by atoms with Crippen LogP contribution < -0.4 is 10.5 Å². The predicted molar refractivity (Wildman–Crippen MR) is 87.0 cm³/mol. The van der Waals surface area contributed by atoms with Crippen LogP contribution >= 0.6 is 12.4 Å². The summed E-state index contributed by atoms with van der Waals surface area (Å²) in [5.74, 6) is 1.36. The lowest BCUT2D eigenvalue weighted by molar-refractivity contribution is -0.134. The maximum atomic E-state index is 12.3. The molecule has 0 aromatic heterocycles. The summed E-state index contributed by atoms with van der Waals surface area (Å²) >= 11 is 0. The van der Waals surface area contributed by atoms with Gasteiger partial charge in [-0.25, -0.2) is 0 Å². The van der Waals surface area contributed by atoms with Crippen LogP contribution in [0.4, 0.5) is 0 Å². The van der Waals surface area contributed by atoms with Crippen molar-refractivity contribution < 1.29 is 9.53 Å². The zero-order chi connectivity index (χ0) is 14.7. The summed E-state index contributed by atoms with van der Waals surface area (Å²) in [4.78, 5) is 14.2. The Balaban J connectivity index is 0.00000220. The Bertz CT molecular complexity index is 462. The van der Waals surface area contributed by atoms with E-state index < -0.39 is 0 Å². The highest BCUT2D eigenvalue weighted by Crippen LogP contribution is 2.29. The Morgan fingerprint density at radius 2 is 1.95 bits per heavy atom. The Hall–Kier alpha value is -1.26. The van der Waals surface area contributed by atoms with Crippen molar-refractivity contribution in [1.82, 2.24) is 4.90 Å². The third-order valence-electron chi connectivity index (χ3n) is 4.27. The molecule has 4 nitrogen and oxygen atoms in total. The van der Waals surface area contributed by atoms with Gasteiger partial charge in [0.1, 0.15) is 5.75 Å². The van der Waals surface area contributed by atoms with Crippen molar-refractivity contribution in [2.45, 2.75) is 32.2 Å². The molecular weight excluding hydrogens is 288 g/mol. The number of nitrogens with zero attached hydrogens (tertiary/aromatic N) is 1. The number of ether oxygens (including phenoxy) is 1. The van der Waals surface area contributed by atoms with Crippen molar-refractivity contribution in [2.75, 3.05) is 20.2 Å². The SMILES string of the molecule is COc1ccc(C2CCN(C(=O)C(C)C(C)N)C2)cc1.Cl. The molecule has 1 aromatic carbocycles. The molecule has 0 aliphatic carbocycles. The quantitative estimate of drug-likeness (QED) is 0.929. The third-order valence-corrected chi connectivity index (χ3v) is 4.27. The van der Waals surface area contributed by atoms with Gasteiger partial charge in [-0.15, -0.1) is 12.4 Å². The first-order chi connectivity index (χ1) is 9.52. The van der Waals surface area contributed by atoms with Crippen molar-refractivity contribution in [1.29, 1.82) is 0 Å². The average molecular weight is 313 g/mol. The number of hydrogen-bond acceptors (Lipinski definition) is 3.